The molecule has 2 aliphatic rings. The number of rotatable bonds is 5. The molecule has 2 N–H and O–H groups in total. The molecule has 2 unspecified atom stereocenters. The van der Waals surface area contributed by atoms with E-state index < -0.39 is 0 Å². The number of carbonyl (C=O) groups is 1. The Labute approximate surface area is 186 Å². The molecular formula is C21H34IN5O. The molecule has 7 heteroatoms. The molecule has 1 amide bonds. The van der Waals surface area contributed by atoms with Crippen LogP contribution >= 0.6 is 24.0 Å². The Balaban J connectivity index is 0.00000280. The molecule has 156 valence electrons. The monoisotopic (exact) mass is 499 g/mol. The fraction of sp³-hybridized carbons (Fsp3) is 0.619. The van der Waals surface area contributed by atoms with Crippen LogP contribution in [0.4, 0.5) is 5.69 Å². The van der Waals surface area contributed by atoms with Gasteiger partial charge < -0.3 is 20.4 Å². The van der Waals surface area contributed by atoms with Crippen molar-refractivity contribution < 1.29 is 4.79 Å². The van der Waals surface area contributed by atoms with Gasteiger partial charge in [-0.25, -0.2) is 0 Å². The molecule has 2 heterocycles. The number of nitrogens with zero attached hydrogens (tertiary/aromatic N) is 3. The Hall–Kier alpha value is -1.51. The average Bonchev–Trinajstić information content (AvgIpc) is 3.16. The van der Waals surface area contributed by atoms with Gasteiger partial charge in [0.15, 0.2) is 5.96 Å². The molecule has 1 aromatic rings. The van der Waals surface area contributed by atoms with E-state index in [-0.39, 0.29) is 29.9 Å². The van der Waals surface area contributed by atoms with Gasteiger partial charge in [-0.2, -0.15) is 0 Å². The maximum atomic E-state index is 12.4. The number of anilines is 1. The number of benzene rings is 1. The molecule has 2 saturated heterocycles. The van der Waals surface area contributed by atoms with E-state index in [0.29, 0.717) is 24.9 Å². The van der Waals surface area contributed by atoms with E-state index in [4.69, 9.17) is 0 Å². The van der Waals surface area contributed by atoms with Crippen LogP contribution in [0.1, 0.15) is 32.6 Å². The van der Waals surface area contributed by atoms with Gasteiger partial charge in [0.05, 0.1) is 0 Å². The Morgan fingerprint density at radius 3 is 2.68 bits per heavy atom. The zero-order valence-electron chi connectivity index (χ0n) is 17.1. The van der Waals surface area contributed by atoms with Crippen molar-refractivity contribution in [2.45, 2.75) is 38.6 Å². The highest BCUT2D eigenvalue weighted by atomic mass is 127. The summed E-state index contributed by atoms with van der Waals surface area (Å²) in [5.41, 5.74) is 1.27. The average molecular weight is 499 g/mol. The summed E-state index contributed by atoms with van der Waals surface area (Å²) in [5, 5.41) is 6.80. The summed E-state index contributed by atoms with van der Waals surface area (Å²) in [7, 11) is 1.79. The van der Waals surface area contributed by atoms with Crippen LogP contribution in [0.15, 0.2) is 35.3 Å². The standard InChI is InChI=1S/C21H33N5O.HI/c1-17-7-6-13-26(15-17)20(27)10-12-23-21(22-2)24-18-11-14-25(16-18)19-8-4-3-5-9-19;/h3-5,8-9,17-18H,6-7,10-16H2,1-2H3,(H2,22,23,24);1H. The minimum Gasteiger partial charge on any atom is -0.369 e. The number of para-hydroxylation sites is 1. The molecule has 0 aliphatic carbocycles. The van der Waals surface area contributed by atoms with Crippen molar-refractivity contribution in [3.8, 4) is 0 Å². The van der Waals surface area contributed by atoms with E-state index in [2.05, 4.69) is 51.7 Å². The Morgan fingerprint density at radius 1 is 1.18 bits per heavy atom. The number of nitrogens with one attached hydrogen (secondary N) is 2. The van der Waals surface area contributed by atoms with E-state index in [1.165, 1.54) is 12.1 Å². The maximum absolute atomic E-state index is 12.4. The number of guanidine groups is 1. The number of likely N-dealkylation sites (tertiary alicyclic amines) is 1. The lowest BCUT2D eigenvalue weighted by Gasteiger charge is -2.31. The van der Waals surface area contributed by atoms with E-state index in [0.717, 1.165) is 45.0 Å². The molecule has 6 nitrogen and oxygen atoms in total. The van der Waals surface area contributed by atoms with Gasteiger partial charge in [-0.3, -0.25) is 9.79 Å². The second kappa shape index (κ2) is 11.5. The van der Waals surface area contributed by atoms with E-state index >= 15 is 0 Å². The van der Waals surface area contributed by atoms with Gasteiger partial charge in [0, 0.05) is 57.9 Å². The summed E-state index contributed by atoms with van der Waals surface area (Å²) in [5.74, 6) is 1.66. The smallest absolute Gasteiger partial charge is 0.224 e. The molecule has 3 rings (SSSR count). The van der Waals surface area contributed by atoms with Crippen molar-refractivity contribution >= 4 is 41.5 Å². The van der Waals surface area contributed by atoms with Gasteiger partial charge in [0.25, 0.3) is 0 Å². The Kier molecular flexibility index (Phi) is 9.34. The third kappa shape index (κ3) is 6.53. The van der Waals surface area contributed by atoms with Gasteiger partial charge in [-0.1, -0.05) is 25.1 Å². The molecule has 0 spiro atoms. The second-order valence-electron chi connectivity index (χ2n) is 7.75. The first-order valence-corrected chi connectivity index (χ1v) is 10.2. The van der Waals surface area contributed by atoms with Crippen LogP contribution in [0.2, 0.25) is 0 Å². The largest absolute Gasteiger partial charge is 0.369 e. The third-order valence-electron chi connectivity index (χ3n) is 5.52. The topological polar surface area (TPSA) is 60.0 Å². The van der Waals surface area contributed by atoms with Gasteiger partial charge >= 0.3 is 0 Å². The summed E-state index contributed by atoms with van der Waals surface area (Å²) < 4.78 is 0. The Bertz CT molecular complexity index is 639. The van der Waals surface area contributed by atoms with Crippen LogP contribution in [-0.4, -0.2) is 62.6 Å². The summed E-state index contributed by atoms with van der Waals surface area (Å²) in [6, 6.07) is 10.9. The number of hydrogen-bond donors (Lipinski definition) is 2. The van der Waals surface area contributed by atoms with Crippen LogP contribution in [0.5, 0.6) is 0 Å². The minimum atomic E-state index is 0. The number of piperidine rings is 1. The van der Waals surface area contributed by atoms with Crippen LogP contribution in [0.3, 0.4) is 0 Å². The quantitative estimate of drug-likeness (QED) is 0.372. The fourth-order valence-corrected chi connectivity index (χ4v) is 4.00. The van der Waals surface area contributed by atoms with E-state index in [9.17, 15) is 4.79 Å². The van der Waals surface area contributed by atoms with E-state index in [1.807, 2.05) is 11.0 Å². The highest BCUT2D eigenvalue weighted by Crippen LogP contribution is 2.19. The van der Waals surface area contributed by atoms with Gasteiger partial charge in [0.1, 0.15) is 0 Å². The van der Waals surface area contributed by atoms with Crippen molar-refractivity contribution in [1.29, 1.82) is 0 Å². The molecule has 2 fully saturated rings. The molecular weight excluding hydrogens is 465 g/mol. The summed E-state index contributed by atoms with van der Waals surface area (Å²) in [6.07, 6.45) is 3.97. The predicted octanol–water partition coefficient (Wildman–Crippen LogP) is 2.70. The van der Waals surface area contributed by atoms with Crippen molar-refractivity contribution in [2.75, 3.05) is 44.7 Å². The second-order valence-corrected chi connectivity index (χ2v) is 7.75. The number of hydrogen-bond acceptors (Lipinski definition) is 3. The molecule has 2 aliphatic heterocycles. The number of aliphatic imine (C=N–C) groups is 1. The summed E-state index contributed by atoms with van der Waals surface area (Å²) in [6.45, 7) is 6.68. The molecule has 1 aromatic carbocycles. The maximum Gasteiger partial charge on any atom is 0.224 e. The lowest BCUT2D eigenvalue weighted by atomic mass is 10.00. The normalized spacial score (nSPS) is 22.6. The van der Waals surface area contributed by atoms with Crippen molar-refractivity contribution in [1.82, 2.24) is 15.5 Å². The molecule has 28 heavy (non-hydrogen) atoms. The third-order valence-corrected chi connectivity index (χ3v) is 5.52. The fourth-order valence-electron chi connectivity index (χ4n) is 4.00. The van der Waals surface area contributed by atoms with Crippen molar-refractivity contribution in [3.05, 3.63) is 30.3 Å². The summed E-state index contributed by atoms with van der Waals surface area (Å²) in [4.78, 5) is 21.1. The van der Waals surface area contributed by atoms with Crippen LogP contribution in [0.25, 0.3) is 0 Å². The first-order valence-electron chi connectivity index (χ1n) is 10.2. The molecule has 2 atom stereocenters. The molecule has 0 bridgehead atoms. The van der Waals surface area contributed by atoms with Crippen LogP contribution < -0.4 is 15.5 Å². The SMILES string of the molecule is CN=C(NCCC(=O)N1CCCC(C)C1)NC1CCN(c2ccccc2)C1.I. The molecule has 0 radical (unpaired) electrons. The lowest BCUT2D eigenvalue weighted by Crippen LogP contribution is -2.46. The number of halogens is 1. The van der Waals surface area contributed by atoms with Crippen molar-refractivity contribution in [3.63, 3.8) is 0 Å². The van der Waals surface area contributed by atoms with Crippen molar-refractivity contribution in [2.24, 2.45) is 10.9 Å². The zero-order chi connectivity index (χ0) is 19.1. The predicted molar refractivity (Wildman–Crippen MR) is 127 cm³/mol. The highest BCUT2D eigenvalue weighted by molar-refractivity contribution is 14.0. The lowest BCUT2D eigenvalue weighted by molar-refractivity contribution is -0.132. The van der Waals surface area contributed by atoms with Crippen LogP contribution in [-0.2, 0) is 4.79 Å². The number of carbonyl (C=O) groups excluding carboxylic acids is 1. The molecule has 0 saturated carbocycles. The van der Waals surface area contributed by atoms with Gasteiger partial charge in [-0.05, 0) is 37.3 Å². The van der Waals surface area contributed by atoms with Gasteiger partial charge in [-0.15, -0.1) is 24.0 Å². The summed E-state index contributed by atoms with van der Waals surface area (Å²) >= 11 is 0. The Morgan fingerprint density at radius 2 is 1.96 bits per heavy atom. The van der Waals surface area contributed by atoms with Crippen LogP contribution in [0, 0.1) is 5.92 Å². The molecule has 0 aromatic heterocycles. The highest BCUT2D eigenvalue weighted by Gasteiger charge is 2.24. The first-order chi connectivity index (χ1) is 13.2. The van der Waals surface area contributed by atoms with Gasteiger partial charge in [0.2, 0.25) is 5.91 Å². The van der Waals surface area contributed by atoms with E-state index in [1.54, 1.807) is 7.05 Å². The zero-order valence-corrected chi connectivity index (χ0v) is 19.4. The minimum absolute atomic E-state index is 0. The number of amides is 1. The first kappa shape index (κ1) is 22.8.